The van der Waals surface area contributed by atoms with E-state index in [2.05, 4.69) is 10.3 Å². The lowest BCUT2D eigenvalue weighted by atomic mass is 10.2. The third-order valence-corrected chi connectivity index (χ3v) is 2.72. The smallest absolute Gasteiger partial charge is 0.433 e. The first-order chi connectivity index (χ1) is 10.0. The average molecular weight is 296 g/mol. The van der Waals surface area contributed by atoms with Crippen LogP contribution in [0, 0.1) is 10.1 Å². The number of carboxylic acids is 1. The third kappa shape index (κ3) is 3.23. The van der Waals surface area contributed by atoms with E-state index in [0.717, 1.165) is 0 Å². The number of carboxylic acid groups (broad SMARTS) is 1. The van der Waals surface area contributed by atoms with Gasteiger partial charge in [-0.2, -0.15) is 0 Å². The van der Waals surface area contributed by atoms with Gasteiger partial charge in [-0.15, -0.1) is 5.10 Å². The number of hydrogen-bond acceptors (Lipinski definition) is 7. The molecule has 0 aliphatic carbocycles. The van der Waals surface area contributed by atoms with Crippen molar-refractivity contribution in [2.75, 3.05) is 13.7 Å². The molecule has 0 atom stereocenters. The van der Waals surface area contributed by atoms with Crippen molar-refractivity contribution in [3.05, 3.63) is 39.4 Å². The van der Waals surface area contributed by atoms with Gasteiger partial charge in [-0.1, -0.05) is 5.21 Å². The van der Waals surface area contributed by atoms with Gasteiger partial charge in [0.2, 0.25) is 0 Å². The van der Waals surface area contributed by atoms with Gasteiger partial charge in [0, 0.05) is 13.5 Å². The minimum Gasteiger partial charge on any atom is -0.476 e. The van der Waals surface area contributed by atoms with Crippen molar-refractivity contribution >= 4 is 11.9 Å². The Balaban J connectivity index is 2.25. The summed E-state index contributed by atoms with van der Waals surface area (Å²) in [6.07, 6.45) is 0.300. The molecule has 2 aromatic rings. The molecule has 0 aromatic carbocycles. The molecule has 0 unspecified atom stereocenters. The Kier molecular flexibility index (Phi) is 4.28. The number of hydrogen-bond donors (Lipinski definition) is 1. The van der Waals surface area contributed by atoms with E-state index in [1.54, 1.807) is 0 Å². The third-order valence-electron chi connectivity index (χ3n) is 2.72. The zero-order chi connectivity index (χ0) is 15.4. The lowest BCUT2D eigenvalue weighted by Gasteiger charge is -2.04. The van der Waals surface area contributed by atoms with Crippen LogP contribution in [0.25, 0.3) is 0 Å². The average Bonchev–Trinajstić information content (AvgIpc) is 3.04. The molecule has 2 heterocycles. The van der Waals surface area contributed by atoms with E-state index in [-0.39, 0.29) is 23.9 Å². The van der Waals surface area contributed by atoms with Crippen LogP contribution in [0.2, 0.25) is 0 Å². The zero-order valence-electron chi connectivity index (χ0n) is 11.1. The summed E-state index contributed by atoms with van der Waals surface area (Å²) >= 11 is 0. The van der Waals surface area contributed by atoms with Crippen LogP contribution in [0.1, 0.15) is 21.9 Å². The van der Waals surface area contributed by atoms with Gasteiger partial charge in [-0.25, -0.2) is 9.48 Å². The Bertz CT molecular complexity index is 661. The van der Waals surface area contributed by atoms with Crippen molar-refractivity contribution < 1.29 is 24.0 Å². The fraction of sp³-hybridized carbons (Fsp3) is 0.364. The molecule has 0 radical (unpaired) electrons. The number of rotatable bonds is 7. The van der Waals surface area contributed by atoms with Crippen LogP contribution in [-0.4, -0.2) is 44.7 Å². The minimum atomic E-state index is -1.20. The highest BCUT2D eigenvalue weighted by Crippen LogP contribution is 2.17. The van der Waals surface area contributed by atoms with Crippen LogP contribution < -0.4 is 0 Å². The molecule has 0 bridgehead atoms. The van der Waals surface area contributed by atoms with Crippen molar-refractivity contribution in [3.8, 4) is 0 Å². The van der Waals surface area contributed by atoms with Gasteiger partial charge in [-0.05, 0) is 6.07 Å². The molecular formula is C11H12N4O6. The molecular weight excluding hydrogens is 284 g/mol. The van der Waals surface area contributed by atoms with Crippen molar-refractivity contribution in [1.29, 1.82) is 0 Å². The molecule has 2 aromatic heterocycles. The molecule has 0 fully saturated rings. The molecule has 0 spiro atoms. The predicted octanol–water partition coefficient (Wildman–Crippen LogP) is 0.715. The predicted molar refractivity (Wildman–Crippen MR) is 67.0 cm³/mol. The van der Waals surface area contributed by atoms with Crippen LogP contribution in [0.4, 0.5) is 5.88 Å². The van der Waals surface area contributed by atoms with E-state index < -0.39 is 10.9 Å². The molecule has 0 saturated heterocycles. The van der Waals surface area contributed by atoms with Gasteiger partial charge in [0.05, 0.1) is 18.4 Å². The van der Waals surface area contributed by atoms with Crippen LogP contribution in [0.3, 0.4) is 0 Å². The molecule has 0 aliphatic heterocycles. The van der Waals surface area contributed by atoms with E-state index in [0.29, 0.717) is 18.7 Å². The molecule has 10 heteroatoms. The Labute approximate surface area is 118 Å². The number of furan rings is 1. The Hall–Kier alpha value is -2.75. The van der Waals surface area contributed by atoms with Crippen molar-refractivity contribution in [2.24, 2.45) is 0 Å². The molecule has 10 nitrogen and oxygen atoms in total. The molecule has 112 valence electrons. The number of methoxy groups -OCH3 is 1. The monoisotopic (exact) mass is 296 g/mol. The molecule has 0 saturated carbocycles. The Morgan fingerprint density at radius 1 is 1.57 bits per heavy atom. The summed E-state index contributed by atoms with van der Waals surface area (Å²) in [5.74, 6) is -1.30. The molecule has 0 aliphatic rings. The number of nitrogens with zero attached hydrogens (tertiary/aromatic N) is 4. The van der Waals surface area contributed by atoms with Crippen molar-refractivity contribution in [1.82, 2.24) is 15.0 Å². The summed E-state index contributed by atoms with van der Waals surface area (Å²) in [5, 5.41) is 26.9. The van der Waals surface area contributed by atoms with Crippen LogP contribution in [0.15, 0.2) is 16.5 Å². The SMILES string of the molecule is COCCc1c(C(=O)O)nnn1Cc1ccc([N+](=O)[O-])o1. The van der Waals surface area contributed by atoms with Crippen LogP contribution >= 0.6 is 0 Å². The van der Waals surface area contributed by atoms with E-state index in [9.17, 15) is 14.9 Å². The lowest BCUT2D eigenvalue weighted by molar-refractivity contribution is -0.402. The van der Waals surface area contributed by atoms with E-state index >= 15 is 0 Å². The highest BCUT2D eigenvalue weighted by molar-refractivity contribution is 5.86. The Morgan fingerprint density at radius 3 is 2.90 bits per heavy atom. The number of nitro groups is 1. The standard InChI is InChI=1S/C11H12N4O6/c1-20-5-4-8-10(11(16)17)12-13-14(8)6-7-2-3-9(21-7)15(18)19/h2-3H,4-6H2,1H3,(H,16,17). The van der Waals surface area contributed by atoms with Gasteiger partial charge in [0.15, 0.2) is 5.69 Å². The topological polar surface area (TPSA) is 134 Å². The molecule has 1 N–H and O–H groups in total. The quantitative estimate of drug-likeness (QED) is 0.583. The summed E-state index contributed by atoms with van der Waals surface area (Å²) in [4.78, 5) is 21.0. The van der Waals surface area contributed by atoms with Crippen molar-refractivity contribution in [2.45, 2.75) is 13.0 Å². The summed E-state index contributed by atoms with van der Waals surface area (Å²) in [6.45, 7) is 0.346. The first-order valence-electron chi connectivity index (χ1n) is 5.90. The number of carbonyl (C=O) groups is 1. The highest BCUT2D eigenvalue weighted by Gasteiger charge is 2.20. The maximum Gasteiger partial charge on any atom is 0.433 e. The van der Waals surface area contributed by atoms with Crippen LogP contribution in [-0.2, 0) is 17.7 Å². The largest absolute Gasteiger partial charge is 0.476 e. The number of ether oxygens (including phenoxy) is 1. The fourth-order valence-corrected chi connectivity index (χ4v) is 1.77. The maximum atomic E-state index is 11.1. The highest BCUT2D eigenvalue weighted by atomic mass is 16.6. The second kappa shape index (κ2) is 6.13. The van der Waals surface area contributed by atoms with Crippen LogP contribution in [0.5, 0.6) is 0 Å². The van der Waals surface area contributed by atoms with Gasteiger partial charge in [-0.3, -0.25) is 10.1 Å². The lowest BCUT2D eigenvalue weighted by Crippen LogP contribution is -2.11. The number of aromatic nitrogens is 3. The Morgan fingerprint density at radius 2 is 2.33 bits per heavy atom. The first-order valence-corrected chi connectivity index (χ1v) is 5.90. The van der Waals surface area contributed by atoms with E-state index in [1.807, 2.05) is 0 Å². The van der Waals surface area contributed by atoms with Crippen molar-refractivity contribution in [3.63, 3.8) is 0 Å². The van der Waals surface area contributed by atoms with Gasteiger partial charge >= 0.3 is 11.9 Å². The summed E-state index contributed by atoms with van der Waals surface area (Å²) in [7, 11) is 1.49. The van der Waals surface area contributed by atoms with E-state index in [1.165, 1.54) is 23.9 Å². The second-order valence-corrected chi connectivity index (χ2v) is 4.09. The summed E-state index contributed by atoms with van der Waals surface area (Å²) in [6, 6.07) is 2.65. The second-order valence-electron chi connectivity index (χ2n) is 4.09. The number of aromatic carboxylic acids is 1. The fourth-order valence-electron chi connectivity index (χ4n) is 1.77. The van der Waals surface area contributed by atoms with E-state index in [4.69, 9.17) is 14.3 Å². The maximum absolute atomic E-state index is 11.1. The molecule has 21 heavy (non-hydrogen) atoms. The van der Waals surface area contributed by atoms with Gasteiger partial charge in [0.1, 0.15) is 17.2 Å². The summed E-state index contributed by atoms with van der Waals surface area (Å²) in [5.41, 5.74) is 0.191. The van der Waals surface area contributed by atoms with Gasteiger partial charge < -0.3 is 14.3 Å². The summed E-state index contributed by atoms with van der Waals surface area (Å²) < 4.78 is 11.3. The minimum absolute atomic E-state index is 0.0488. The first kappa shape index (κ1) is 14.7. The normalized spacial score (nSPS) is 10.7. The molecule has 0 amide bonds. The zero-order valence-corrected chi connectivity index (χ0v) is 11.1. The van der Waals surface area contributed by atoms with Gasteiger partial charge in [0.25, 0.3) is 0 Å². The molecule has 2 rings (SSSR count).